The summed E-state index contributed by atoms with van der Waals surface area (Å²) in [6, 6.07) is 12.7. The second kappa shape index (κ2) is 6.43. The largest absolute Gasteiger partial charge is 0.478 e. The lowest BCUT2D eigenvalue weighted by Crippen LogP contribution is -2.51. The number of benzene rings is 2. The normalized spacial score (nSPS) is 15.4. The second-order valence-electron chi connectivity index (χ2n) is 6.13. The van der Waals surface area contributed by atoms with Crippen LogP contribution in [-0.2, 0) is 16.8 Å². The summed E-state index contributed by atoms with van der Waals surface area (Å²) in [6.07, 6.45) is 2.59. The number of carbonyl (C=O) groups excluding carboxylic acids is 1. The highest BCUT2D eigenvalue weighted by Crippen LogP contribution is 2.41. The van der Waals surface area contributed by atoms with E-state index in [1.54, 1.807) is 30.3 Å². The predicted molar refractivity (Wildman–Crippen MR) is 87.2 cm³/mol. The highest BCUT2D eigenvalue weighted by atomic mass is 19.1. The fourth-order valence-corrected chi connectivity index (χ4v) is 3.15. The van der Waals surface area contributed by atoms with Gasteiger partial charge in [-0.15, -0.1) is 0 Å². The minimum atomic E-state index is -1.05. The van der Waals surface area contributed by atoms with Crippen LogP contribution < -0.4 is 5.32 Å². The van der Waals surface area contributed by atoms with Crippen LogP contribution in [0.4, 0.5) is 4.39 Å². The lowest BCUT2D eigenvalue weighted by molar-refractivity contribution is -0.123. The topological polar surface area (TPSA) is 66.4 Å². The van der Waals surface area contributed by atoms with Crippen molar-refractivity contribution in [2.24, 2.45) is 0 Å². The zero-order valence-electron chi connectivity index (χ0n) is 13.1. The molecule has 0 bridgehead atoms. The Morgan fingerprint density at radius 1 is 1.08 bits per heavy atom. The van der Waals surface area contributed by atoms with Gasteiger partial charge in [-0.3, -0.25) is 4.79 Å². The summed E-state index contributed by atoms with van der Waals surface area (Å²) in [5.41, 5.74) is 1.03. The summed E-state index contributed by atoms with van der Waals surface area (Å²) < 4.78 is 13.1. The summed E-state index contributed by atoms with van der Waals surface area (Å²) in [7, 11) is 0. The van der Waals surface area contributed by atoms with Crippen LogP contribution in [0.5, 0.6) is 0 Å². The first-order chi connectivity index (χ1) is 11.5. The molecule has 2 N–H and O–H groups in total. The first-order valence-corrected chi connectivity index (χ1v) is 7.88. The minimum Gasteiger partial charge on any atom is -0.478 e. The number of nitrogens with one attached hydrogen (secondary N) is 1. The van der Waals surface area contributed by atoms with Gasteiger partial charge in [0.2, 0.25) is 5.91 Å². The van der Waals surface area contributed by atoms with Gasteiger partial charge in [0.25, 0.3) is 0 Å². The minimum absolute atomic E-state index is 0.00538. The Balaban J connectivity index is 1.76. The monoisotopic (exact) mass is 327 g/mol. The van der Waals surface area contributed by atoms with Crippen LogP contribution in [0.25, 0.3) is 0 Å². The molecule has 0 radical (unpaired) electrons. The smallest absolute Gasteiger partial charge is 0.335 e. The summed E-state index contributed by atoms with van der Waals surface area (Å²) in [5.74, 6) is -1.59. The van der Waals surface area contributed by atoms with Gasteiger partial charge in [0.15, 0.2) is 0 Å². The van der Waals surface area contributed by atoms with E-state index in [0.29, 0.717) is 5.56 Å². The first-order valence-electron chi connectivity index (χ1n) is 7.88. The second-order valence-corrected chi connectivity index (χ2v) is 6.13. The average Bonchev–Trinajstić information content (AvgIpc) is 2.52. The van der Waals surface area contributed by atoms with E-state index in [0.717, 1.165) is 24.8 Å². The molecule has 0 unspecified atom stereocenters. The predicted octanol–water partition coefficient (Wildman–Crippen LogP) is 3.26. The Kier molecular flexibility index (Phi) is 4.34. The summed E-state index contributed by atoms with van der Waals surface area (Å²) in [5, 5.41) is 12.2. The molecule has 2 aromatic carbocycles. The molecule has 0 saturated heterocycles. The quantitative estimate of drug-likeness (QED) is 0.886. The van der Waals surface area contributed by atoms with Crippen LogP contribution in [0.3, 0.4) is 0 Å². The zero-order valence-corrected chi connectivity index (χ0v) is 13.1. The van der Waals surface area contributed by atoms with Gasteiger partial charge in [-0.05, 0) is 48.6 Å². The van der Waals surface area contributed by atoms with Gasteiger partial charge < -0.3 is 10.4 Å². The maximum absolute atomic E-state index is 13.1. The number of hydrogen-bond acceptors (Lipinski definition) is 2. The van der Waals surface area contributed by atoms with Crippen molar-refractivity contribution in [2.75, 3.05) is 0 Å². The van der Waals surface area contributed by atoms with Crippen LogP contribution >= 0.6 is 0 Å². The third kappa shape index (κ3) is 3.15. The average molecular weight is 327 g/mol. The number of carbonyl (C=O) groups is 2. The van der Waals surface area contributed by atoms with Gasteiger partial charge in [0.05, 0.1) is 17.5 Å². The molecule has 1 aliphatic carbocycles. The van der Waals surface area contributed by atoms with Crippen LogP contribution in [0, 0.1) is 5.82 Å². The molecule has 24 heavy (non-hydrogen) atoms. The number of rotatable bonds is 5. The number of aromatic carboxylic acids is 1. The van der Waals surface area contributed by atoms with Gasteiger partial charge in [0.1, 0.15) is 5.82 Å². The Hall–Kier alpha value is -2.69. The van der Waals surface area contributed by atoms with Gasteiger partial charge in [-0.1, -0.05) is 30.3 Å². The standard InChI is InChI=1S/C19H18FNO3/c20-15-8-6-14(7-9-15)19(10-3-11-19)21-17(22)12-13-4-1-2-5-16(13)18(23)24/h1-2,4-9H,3,10-12H2,(H,21,22)(H,23,24). The van der Waals surface area contributed by atoms with Crippen LogP contribution in [0.2, 0.25) is 0 Å². The van der Waals surface area contributed by atoms with Crippen molar-refractivity contribution in [3.05, 3.63) is 71.0 Å². The highest BCUT2D eigenvalue weighted by Gasteiger charge is 2.40. The molecule has 0 aliphatic heterocycles. The van der Waals surface area contributed by atoms with Crippen molar-refractivity contribution >= 4 is 11.9 Å². The molecule has 0 atom stereocenters. The Bertz CT molecular complexity index is 766. The van der Waals surface area contributed by atoms with E-state index < -0.39 is 11.5 Å². The Labute approximate surface area is 139 Å². The molecule has 124 valence electrons. The van der Waals surface area contributed by atoms with E-state index >= 15 is 0 Å². The van der Waals surface area contributed by atoms with E-state index in [1.165, 1.54) is 18.2 Å². The Morgan fingerprint density at radius 3 is 2.33 bits per heavy atom. The Morgan fingerprint density at radius 2 is 1.75 bits per heavy atom. The number of carboxylic acids is 1. The third-order valence-electron chi connectivity index (χ3n) is 4.58. The van der Waals surface area contributed by atoms with Crippen molar-refractivity contribution in [1.82, 2.24) is 5.32 Å². The van der Waals surface area contributed by atoms with Gasteiger partial charge >= 0.3 is 5.97 Å². The lowest BCUT2D eigenvalue weighted by atomic mass is 9.71. The van der Waals surface area contributed by atoms with Crippen LogP contribution in [-0.4, -0.2) is 17.0 Å². The van der Waals surface area contributed by atoms with Gasteiger partial charge in [-0.25, -0.2) is 9.18 Å². The molecule has 4 nitrogen and oxygen atoms in total. The number of hydrogen-bond donors (Lipinski definition) is 2. The molecule has 1 fully saturated rings. The maximum Gasteiger partial charge on any atom is 0.335 e. The molecule has 1 aliphatic rings. The van der Waals surface area contributed by atoms with E-state index in [9.17, 15) is 19.1 Å². The molecular weight excluding hydrogens is 309 g/mol. The van der Waals surface area contributed by atoms with E-state index in [-0.39, 0.29) is 23.7 Å². The summed E-state index contributed by atoms with van der Waals surface area (Å²) in [4.78, 5) is 23.7. The van der Waals surface area contributed by atoms with Crippen molar-refractivity contribution in [1.29, 1.82) is 0 Å². The molecule has 3 rings (SSSR count). The summed E-state index contributed by atoms with van der Waals surface area (Å²) in [6.45, 7) is 0. The maximum atomic E-state index is 13.1. The van der Waals surface area contributed by atoms with E-state index in [2.05, 4.69) is 5.32 Å². The SMILES string of the molecule is O=C(Cc1ccccc1C(=O)O)NC1(c2ccc(F)cc2)CCC1. The molecule has 2 aromatic rings. The van der Waals surface area contributed by atoms with E-state index in [1.807, 2.05) is 0 Å². The number of amides is 1. The number of carboxylic acid groups (broad SMARTS) is 1. The molecule has 0 aromatic heterocycles. The molecular formula is C19H18FNO3. The third-order valence-corrected chi connectivity index (χ3v) is 4.58. The van der Waals surface area contributed by atoms with Gasteiger partial charge in [0, 0.05) is 0 Å². The van der Waals surface area contributed by atoms with Crippen molar-refractivity contribution in [3.63, 3.8) is 0 Å². The zero-order chi connectivity index (χ0) is 17.2. The summed E-state index contributed by atoms with van der Waals surface area (Å²) >= 11 is 0. The van der Waals surface area contributed by atoms with E-state index in [4.69, 9.17) is 0 Å². The molecule has 0 spiro atoms. The molecule has 5 heteroatoms. The number of halogens is 1. The van der Waals surface area contributed by atoms with Crippen molar-refractivity contribution in [2.45, 2.75) is 31.2 Å². The molecule has 1 amide bonds. The van der Waals surface area contributed by atoms with Crippen LogP contribution in [0.15, 0.2) is 48.5 Å². The fraction of sp³-hybridized carbons (Fsp3) is 0.263. The fourth-order valence-electron chi connectivity index (χ4n) is 3.15. The van der Waals surface area contributed by atoms with Crippen LogP contribution in [0.1, 0.15) is 40.7 Å². The molecule has 0 heterocycles. The lowest BCUT2D eigenvalue weighted by Gasteiger charge is -2.43. The molecule has 1 saturated carbocycles. The highest BCUT2D eigenvalue weighted by molar-refractivity contribution is 5.91. The first kappa shape index (κ1) is 16.2. The van der Waals surface area contributed by atoms with Crippen molar-refractivity contribution in [3.8, 4) is 0 Å². The van der Waals surface area contributed by atoms with Crippen molar-refractivity contribution < 1.29 is 19.1 Å². The van der Waals surface area contributed by atoms with Gasteiger partial charge in [-0.2, -0.15) is 0 Å².